The summed E-state index contributed by atoms with van der Waals surface area (Å²) < 4.78 is 5.09. The lowest BCUT2D eigenvalue weighted by Crippen LogP contribution is -2.36. The van der Waals surface area contributed by atoms with E-state index in [-0.39, 0.29) is 16.4 Å². The van der Waals surface area contributed by atoms with Gasteiger partial charge in [-0.05, 0) is 25.5 Å². The highest BCUT2D eigenvalue weighted by atomic mass is 35.5. The third-order valence-electron chi connectivity index (χ3n) is 2.56. The Morgan fingerprint density at radius 2 is 2.09 bits per heavy atom. The summed E-state index contributed by atoms with van der Waals surface area (Å²) >= 11 is 5.65. The molecule has 0 fully saturated rings. The minimum Gasteiger partial charge on any atom is -0.382 e. The molecule has 0 aromatic heterocycles. The third kappa shape index (κ3) is 5.66. The number of carbonyl (C=O) groups excluding carboxylic acids is 2. The molecule has 0 aliphatic heterocycles. The second kappa shape index (κ2) is 8.96. The molecule has 2 N–H and O–H groups in total. The Hall–Kier alpha value is -2.19. The molecule has 22 heavy (non-hydrogen) atoms. The van der Waals surface area contributed by atoms with E-state index >= 15 is 0 Å². The zero-order chi connectivity index (χ0) is 16.5. The second-order valence-electron chi connectivity index (χ2n) is 4.18. The SMILES string of the molecule is CCOCCCNC(=O)C(=O)Nc1ccc(Cl)c([N+](=O)[O-])c1. The highest BCUT2D eigenvalue weighted by Gasteiger charge is 2.17. The maximum Gasteiger partial charge on any atom is 0.313 e. The molecule has 0 unspecified atom stereocenters. The van der Waals surface area contributed by atoms with Gasteiger partial charge in [-0.2, -0.15) is 0 Å². The average molecular weight is 330 g/mol. The van der Waals surface area contributed by atoms with Crippen molar-refractivity contribution >= 4 is 34.8 Å². The van der Waals surface area contributed by atoms with Crippen LogP contribution < -0.4 is 10.6 Å². The van der Waals surface area contributed by atoms with Gasteiger partial charge in [0, 0.05) is 31.5 Å². The Kier molecular flexibility index (Phi) is 7.27. The largest absolute Gasteiger partial charge is 0.382 e. The van der Waals surface area contributed by atoms with Crippen LogP contribution in [-0.4, -0.2) is 36.5 Å². The summed E-state index contributed by atoms with van der Waals surface area (Å²) in [6.45, 7) is 3.23. The number of benzene rings is 1. The fourth-order valence-electron chi connectivity index (χ4n) is 1.52. The number of nitrogens with zero attached hydrogens (tertiary/aromatic N) is 1. The molecule has 9 heteroatoms. The van der Waals surface area contributed by atoms with Crippen LogP contribution >= 0.6 is 11.6 Å². The van der Waals surface area contributed by atoms with Crippen LogP contribution in [0.2, 0.25) is 5.02 Å². The number of carbonyl (C=O) groups is 2. The van der Waals surface area contributed by atoms with Crippen LogP contribution in [0, 0.1) is 10.1 Å². The molecule has 1 rings (SSSR count). The average Bonchev–Trinajstić information content (AvgIpc) is 2.48. The highest BCUT2D eigenvalue weighted by molar-refractivity contribution is 6.39. The Morgan fingerprint density at radius 1 is 1.36 bits per heavy atom. The van der Waals surface area contributed by atoms with Crippen LogP contribution in [0.5, 0.6) is 0 Å². The van der Waals surface area contributed by atoms with Crippen molar-refractivity contribution in [2.75, 3.05) is 25.1 Å². The number of hydrogen-bond donors (Lipinski definition) is 2. The molecule has 0 radical (unpaired) electrons. The molecule has 1 aromatic rings. The van der Waals surface area contributed by atoms with Crippen LogP contribution in [0.25, 0.3) is 0 Å². The van der Waals surface area contributed by atoms with Gasteiger partial charge in [0.25, 0.3) is 5.69 Å². The molecular weight excluding hydrogens is 314 g/mol. The van der Waals surface area contributed by atoms with Gasteiger partial charge in [-0.1, -0.05) is 11.6 Å². The van der Waals surface area contributed by atoms with Gasteiger partial charge in [0.2, 0.25) is 0 Å². The summed E-state index contributed by atoms with van der Waals surface area (Å²) in [4.78, 5) is 33.2. The smallest absolute Gasteiger partial charge is 0.313 e. The molecule has 8 nitrogen and oxygen atoms in total. The first-order chi connectivity index (χ1) is 10.5. The molecule has 0 bridgehead atoms. The van der Waals surface area contributed by atoms with Gasteiger partial charge >= 0.3 is 11.8 Å². The lowest BCUT2D eigenvalue weighted by molar-refractivity contribution is -0.384. The molecule has 0 spiro atoms. The van der Waals surface area contributed by atoms with E-state index < -0.39 is 16.7 Å². The normalized spacial score (nSPS) is 10.1. The Bertz CT molecular complexity index is 565. The summed E-state index contributed by atoms with van der Waals surface area (Å²) in [5.41, 5.74) is -0.234. The number of nitro groups is 1. The molecule has 0 heterocycles. The molecule has 0 aliphatic rings. The molecular formula is C13H16ClN3O5. The van der Waals surface area contributed by atoms with Crippen molar-refractivity contribution < 1.29 is 19.2 Å². The third-order valence-corrected chi connectivity index (χ3v) is 2.88. The van der Waals surface area contributed by atoms with Crippen molar-refractivity contribution in [2.24, 2.45) is 0 Å². The van der Waals surface area contributed by atoms with Crippen molar-refractivity contribution in [1.29, 1.82) is 0 Å². The zero-order valence-corrected chi connectivity index (χ0v) is 12.7. The first kappa shape index (κ1) is 17.9. The van der Waals surface area contributed by atoms with Gasteiger partial charge in [0.05, 0.1) is 4.92 Å². The highest BCUT2D eigenvalue weighted by Crippen LogP contribution is 2.27. The second-order valence-corrected chi connectivity index (χ2v) is 4.59. The van der Waals surface area contributed by atoms with E-state index in [1.807, 2.05) is 6.92 Å². The molecule has 120 valence electrons. The fraction of sp³-hybridized carbons (Fsp3) is 0.385. The van der Waals surface area contributed by atoms with Gasteiger partial charge in [0.1, 0.15) is 5.02 Å². The number of anilines is 1. The molecule has 0 aliphatic carbocycles. The van der Waals surface area contributed by atoms with Gasteiger partial charge in [-0.15, -0.1) is 0 Å². The van der Waals surface area contributed by atoms with Crippen LogP contribution in [0.15, 0.2) is 18.2 Å². The molecule has 0 saturated heterocycles. The Balaban J connectivity index is 2.52. The van der Waals surface area contributed by atoms with Gasteiger partial charge in [0.15, 0.2) is 0 Å². The van der Waals surface area contributed by atoms with Crippen molar-refractivity contribution in [3.8, 4) is 0 Å². The number of ether oxygens (including phenoxy) is 1. The van der Waals surface area contributed by atoms with Crippen LogP contribution in [0.4, 0.5) is 11.4 Å². The van der Waals surface area contributed by atoms with Crippen LogP contribution in [-0.2, 0) is 14.3 Å². The van der Waals surface area contributed by atoms with E-state index in [9.17, 15) is 19.7 Å². The van der Waals surface area contributed by atoms with Crippen molar-refractivity contribution in [1.82, 2.24) is 5.32 Å². The fourth-order valence-corrected chi connectivity index (χ4v) is 1.71. The maximum atomic E-state index is 11.6. The number of halogens is 1. The predicted octanol–water partition coefficient (Wildman–Crippen LogP) is 1.73. The standard InChI is InChI=1S/C13H16ClN3O5/c1-2-22-7-3-6-15-12(18)13(19)16-9-4-5-10(14)11(8-9)17(20)21/h4-5,8H,2-3,6-7H2,1H3,(H,15,18)(H,16,19). The first-order valence-corrected chi connectivity index (χ1v) is 6.94. The molecule has 0 atom stereocenters. The van der Waals surface area contributed by atoms with E-state index in [4.69, 9.17) is 16.3 Å². The Labute approximate surface area is 131 Å². The van der Waals surface area contributed by atoms with Crippen LogP contribution in [0.3, 0.4) is 0 Å². The summed E-state index contributed by atoms with van der Waals surface area (Å²) in [6.07, 6.45) is 0.583. The minimum atomic E-state index is -0.909. The van der Waals surface area contributed by atoms with Crippen molar-refractivity contribution in [3.63, 3.8) is 0 Å². The zero-order valence-electron chi connectivity index (χ0n) is 11.9. The van der Waals surface area contributed by atoms with E-state index in [0.717, 1.165) is 6.07 Å². The van der Waals surface area contributed by atoms with Crippen LogP contribution in [0.1, 0.15) is 13.3 Å². The molecule has 0 saturated carbocycles. The number of nitro benzene ring substituents is 1. The van der Waals surface area contributed by atoms with Gasteiger partial charge in [-0.3, -0.25) is 19.7 Å². The summed E-state index contributed by atoms with van der Waals surface area (Å²) in [6, 6.07) is 3.73. The van der Waals surface area contributed by atoms with Crippen molar-refractivity contribution in [3.05, 3.63) is 33.3 Å². The number of nitrogens with one attached hydrogen (secondary N) is 2. The first-order valence-electron chi connectivity index (χ1n) is 6.56. The van der Waals surface area contributed by atoms with Gasteiger partial charge in [-0.25, -0.2) is 0 Å². The summed E-state index contributed by atoms with van der Waals surface area (Å²) in [5.74, 6) is -1.73. The quantitative estimate of drug-likeness (QED) is 0.342. The molecule has 1 aromatic carbocycles. The Morgan fingerprint density at radius 3 is 2.73 bits per heavy atom. The van der Waals surface area contributed by atoms with E-state index in [0.29, 0.717) is 26.2 Å². The van der Waals surface area contributed by atoms with E-state index in [1.54, 1.807) is 0 Å². The predicted molar refractivity (Wildman–Crippen MR) is 80.9 cm³/mol. The minimum absolute atomic E-state index is 0.0524. The summed E-state index contributed by atoms with van der Waals surface area (Å²) in [5, 5.41) is 15.4. The summed E-state index contributed by atoms with van der Waals surface area (Å²) in [7, 11) is 0. The van der Waals surface area contributed by atoms with Gasteiger partial charge < -0.3 is 15.4 Å². The monoisotopic (exact) mass is 329 g/mol. The topological polar surface area (TPSA) is 111 Å². The number of amides is 2. The lowest BCUT2D eigenvalue weighted by atomic mass is 10.2. The van der Waals surface area contributed by atoms with E-state index in [1.165, 1.54) is 12.1 Å². The lowest BCUT2D eigenvalue weighted by Gasteiger charge is -2.07. The molecule has 2 amide bonds. The number of rotatable bonds is 7. The number of hydrogen-bond acceptors (Lipinski definition) is 5. The van der Waals surface area contributed by atoms with Crippen molar-refractivity contribution in [2.45, 2.75) is 13.3 Å². The maximum absolute atomic E-state index is 11.6. The van der Waals surface area contributed by atoms with E-state index in [2.05, 4.69) is 10.6 Å².